The minimum Gasteiger partial charge on any atom is -0.462 e. The molecule has 1 aliphatic carbocycles. The second-order valence-electron chi connectivity index (χ2n) is 6.34. The van der Waals surface area contributed by atoms with Gasteiger partial charge in [-0.3, -0.25) is 9.59 Å². The molecule has 1 aliphatic rings. The van der Waals surface area contributed by atoms with Gasteiger partial charge in [0.05, 0.1) is 18.4 Å². The van der Waals surface area contributed by atoms with Gasteiger partial charge in [0.1, 0.15) is 5.00 Å². The van der Waals surface area contributed by atoms with E-state index in [1.165, 1.54) is 17.6 Å². The Kier molecular flexibility index (Phi) is 7.00. The number of carbonyl (C=O) groups is 3. The SMILES string of the molecule is CCOC(=O)c1c(NC(=O)C(=O)NN=Cc2cccc(Cl)c2)sc2c1CCCC2. The van der Waals surface area contributed by atoms with Crippen molar-refractivity contribution in [2.24, 2.45) is 5.10 Å². The van der Waals surface area contributed by atoms with E-state index >= 15 is 0 Å². The average Bonchev–Trinajstić information content (AvgIpc) is 3.06. The molecule has 0 bridgehead atoms. The molecular weight excluding hydrogens is 414 g/mol. The summed E-state index contributed by atoms with van der Waals surface area (Å²) in [5.41, 5.74) is 4.11. The lowest BCUT2D eigenvalue weighted by atomic mass is 9.95. The highest BCUT2D eigenvalue weighted by molar-refractivity contribution is 7.17. The first-order chi connectivity index (χ1) is 14.0. The lowest BCUT2D eigenvalue weighted by Crippen LogP contribution is -2.32. The molecule has 1 heterocycles. The summed E-state index contributed by atoms with van der Waals surface area (Å²) >= 11 is 7.20. The number of esters is 1. The summed E-state index contributed by atoms with van der Waals surface area (Å²) in [6.45, 7) is 1.95. The molecule has 3 rings (SSSR count). The van der Waals surface area contributed by atoms with Crippen molar-refractivity contribution in [3.8, 4) is 0 Å². The Morgan fingerprint density at radius 3 is 2.79 bits per heavy atom. The van der Waals surface area contributed by atoms with Gasteiger partial charge in [-0.05, 0) is 55.9 Å². The molecule has 9 heteroatoms. The molecule has 1 aromatic carbocycles. The van der Waals surface area contributed by atoms with E-state index in [0.717, 1.165) is 36.1 Å². The number of fused-ring (bicyclic) bond motifs is 1. The summed E-state index contributed by atoms with van der Waals surface area (Å²) in [6, 6.07) is 6.88. The van der Waals surface area contributed by atoms with Gasteiger partial charge in [-0.2, -0.15) is 5.10 Å². The number of hydrogen-bond acceptors (Lipinski definition) is 6. The Morgan fingerprint density at radius 2 is 2.03 bits per heavy atom. The van der Waals surface area contributed by atoms with Crippen molar-refractivity contribution in [2.75, 3.05) is 11.9 Å². The Bertz CT molecular complexity index is 971. The molecule has 1 aromatic heterocycles. The fourth-order valence-electron chi connectivity index (χ4n) is 3.04. The highest BCUT2D eigenvalue weighted by atomic mass is 35.5. The fraction of sp³-hybridized carbons (Fsp3) is 0.300. The normalized spacial score (nSPS) is 13.0. The summed E-state index contributed by atoms with van der Waals surface area (Å²) in [4.78, 5) is 37.8. The molecule has 0 saturated heterocycles. The number of thiophene rings is 1. The largest absolute Gasteiger partial charge is 0.462 e. The predicted octanol–water partition coefficient (Wildman–Crippen LogP) is 3.55. The molecule has 0 radical (unpaired) electrons. The zero-order chi connectivity index (χ0) is 20.8. The molecular formula is C20H20ClN3O4S. The third-order valence-electron chi connectivity index (χ3n) is 4.31. The minimum absolute atomic E-state index is 0.232. The van der Waals surface area contributed by atoms with Crippen LogP contribution in [0.15, 0.2) is 29.4 Å². The first kappa shape index (κ1) is 21.0. The number of rotatable bonds is 5. The number of nitrogens with zero attached hydrogens (tertiary/aromatic N) is 1. The van der Waals surface area contributed by atoms with Crippen LogP contribution in [-0.4, -0.2) is 30.6 Å². The van der Waals surface area contributed by atoms with Crippen LogP contribution in [0.1, 0.15) is 46.1 Å². The first-order valence-corrected chi connectivity index (χ1v) is 10.4. The maximum absolute atomic E-state index is 12.4. The van der Waals surface area contributed by atoms with E-state index in [9.17, 15) is 14.4 Å². The van der Waals surface area contributed by atoms with Crippen molar-refractivity contribution >= 4 is 51.9 Å². The summed E-state index contributed by atoms with van der Waals surface area (Å²) in [5.74, 6) is -2.33. The van der Waals surface area contributed by atoms with E-state index in [-0.39, 0.29) is 6.61 Å². The van der Waals surface area contributed by atoms with E-state index in [1.807, 2.05) is 0 Å². The van der Waals surface area contributed by atoms with Gasteiger partial charge in [0, 0.05) is 9.90 Å². The van der Waals surface area contributed by atoms with Gasteiger partial charge >= 0.3 is 17.8 Å². The number of halogens is 1. The highest BCUT2D eigenvalue weighted by Gasteiger charge is 2.28. The Labute approximate surface area is 177 Å². The third-order valence-corrected chi connectivity index (χ3v) is 5.75. The number of ether oxygens (including phenoxy) is 1. The van der Waals surface area contributed by atoms with Crippen molar-refractivity contribution in [1.29, 1.82) is 0 Å². The third kappa shape index (κ3) is 5.21. The lowest BCUT2D eigenvalue weighted by Gasteiger charge is -2.12. The summed E-state index contributed by atoms with van der Waals surface area (Å²) in [6.07, 6.45) is 4.99. The Balaban J connectivity index is 1.70. The van der Waals surface area contributed by atoms with Crippen molar-refractivity contribution in [1.82, 2.24) is 5.43 Å². The molecule has 0 unspecified atom stereocenters. The molecule has 0 atom stereocenters. The lowest BCUT2D eigenvalue weighted by molar-refractivity contribution is -0.136. The van der Waals surface area contributed by atoms with E-state index in [4.69, 9.17) is 16.3 Å². The first-order valence-electron chi connectivity index (χ1n) is 9.21. The molecule has 0 saturated carbocycles. The number of carbonyl (C=O) groups excluding carboxylic acids is 3. The molecule has 2 aromatic rings. The van der Waals surface area contributed by atoms with Crippen LogP contribution in [-0.2, 0) is 27.2 Å². The Hall–Kier alpha value is -2.71. The van der Waals surface area contributed by atoms with E-state index < -0.39 is 17.8 Å². The number of benzene rings is 1. The van der Waals surface area contributed by atoms with Gasteiger partial charge in [0.25, 0.3) is 0 Å². The average molecular weight is 434 g/mol. The van der Waals surface area contributed by atoms with Crippen molar-refractivity contribution < 1.29 is 19.1 Å². The van der Waals surface area contributed by atoms with Crippen LogP contribution in [0.4, 0.5) is 5.00 Å². The smallest absolute Gasteiger partial charge is 0.341 e. The molecule has 7 nitrogen and oxygen atoms in total. The van der Waals surface area contributed by atoms with E-state index in [1.54, 1.807) is 31.2 Å². The van der Waals surface area contributed by atoms with Crippen LogP contribution in [0.25, 0.3) is 0 Å². The topological polar surface area (TPSA) is 96.9 Å². The molecule has 2 N–H and O–H groups in total. The van der Waals surface area contributed by atoms with E-state index in [0.29, 0.717) is 21.2 Å². The monoisotopic (exact) mass is 433 g/mol. The number of aryl methyl sites for hydroxylation is 1. The molecule has 0 spiro atoms. The molecule has 152 valence electrons. The van der Waals surface area contributed by atoms with Crippen LogP contribution >= 0.6 is 22.9 Å². The molecule has 2 amide bonds. The van der Waals surface area contributed by atoms with Crippen molar-refractivity contribution in [3.63, 3.8) is 0 Å². The molecule has 29 heavy (non-hydrogen) atoms. The van der Waals surface area contributed by atoms with Gasteiger partial charge in [-0.15, -0.1) is 11.3 Å². The maximum atomic E-state index is 12.4. The van der Waals surface area contributed by atoms with Crippen LogP contribution in [0.3, 0.4) is 0 Å². The van der Waals surface area contributed by atoms with Gasteiger partial charge in [0.15, 0.2) is 0 Å². The Morgan fingerprint density at radius 1 is 1.24 bits per heavy atom. The number of hydrazone groups is 1. The van der Waals surface area contributed by atoms with Crippen LogP contribution in [0, 0.1) is 0 Å². The second-order valence-corrected chi connectivity index (χ2v) is 7.89. The summed E-state index contributed by atoms with van der Waals surface area (Å²) < 4.78 is 5.14. The van der Waals surface area contributed by atoms with Crippen LogP contribution < -0.4 is 10.7 Å². The van der Waals surface area contributed by atoms with Gasteiger partial charge in [0.2, 0.25) is 0 Å². The van der Waals surface area contributed by atoms with Crippen molar-refractivity contribution in [3.05, 3.63) is 50.9 Å². The number of anilines is 1. The summed E-state index contributed by atoms with van der Waals surface area (Å²) in [7, 11) is 0. The highest BCUT2D eigenvalue weighted by Crippen LogP contribution is 2.38. The zero-order valence-electron chi connectivity index (χ0n) is 15.8. The maximum Gasteiger partial charge on any atom is 0.341 e. The van der Waals surface area contributed by atoms with Gasteiger partial charge < -0.3 is 10.1 Å². The quantitative estimate of drug-likeness (QED) is 0.326. The van der Waals surface area contributed by atoms with E-state index in [2.05, 4.69) is 15.8 Å². The number of amides is 2. The molecule has 0 aliphatic heterocycles. The van der Waals surface area contributed by atoms with Crippen LogP contribution in [0.2, 0.25) is 5.02 Å². The predicted molar refractivity (Wildman–Crippen MR) is 113 cm³/mol. The molecule has 0 fully saturated rings. The minimum atomic E-state index is -0.940. The summed E-state index contributed by atoms with van der Waals surface area (Å²) in [5, 5.41) is 7.18. The van der Waals surface area contributed by atoms with Crippen molar-refractivity contribution in [2.45, 2.75) is 32.6 Å². The van der Waals surface area contributed by atoms with Gasteiger partial charge in [-0.25, -0.2) is 10.2 Å². The zero-order valence-corrected chi connectivity index (χ0v) is 17.4. The number of nitrogens with one attached hydrogen (secondary N) is 2. The standard InChI is InChI=1S/C20H20ClN3O4S/c1-2-28-20(27)16-14-8-3-4-9-15(14)29-19(16)23-17(25)18(26)24-22-11-12-6-5-7-13(21)10-12/h5-7,10-11H,2-4,8-9H2,1H3,(H,23,25)(H,24,26). The van der Waals surface area contributed by atoms with Gasteiger partial charge in [-0.1, -0.05) is 23.7 Å². The van der Waals surface area contributed by atoms with Crippen LogP contribution in [0.5, 0.6) is 0 Å². The second kappa shape index (κ2) is 9.67. The fourth-order valence-corrected chi connectivity index (χ4v) is 4.51. The number of hydrogen-bond donors (Lipinski definition) is 2.